The molecule has 0 aliphatic carbocycles. The number of benzene rings is 2. The maximum Gasteiger partial charge on any atom is 0.231 e. The Balaban J connectivity index is 2.19. The van der Waals surface area contributed by atoms with Crippen molar-refractivity contribution in [2.45, 2.75) is 0 Å². The summed E-state index contributed by atoms with van der Waals surface area (Å²) in [5.41, 5.74) is 1.63. The van der Waals surface area contributed by atoms with Gasteiger partial charge in [-0.25, -0.2) is 8.78 Å². The number of fused-ring (bicyclic) bond motifs is 1. The quantitative estimate of drug-likeness (QED) is 0.730. The molecule has 1 aliphatic heterocycles. The second-order valence-corrected chi connectivity index (χ2v) is 4.02. The molecule has 2 nitrogen and oxygen atoms in total. The predicted octanol–water partition coefficient (Wildman–Crippen LogP) is 3.34. The van der Waals surface area contributed by atoms with Gasteiger partial charge in [-0.05, 0) is 23.8 Å². The summed E-state index contributed by atoms with van der Waals surface area (Å²) in [6.45, 7) is 0.126. The Hall–Kier alpha value is -2.54. The largest absolute Gasteiger partial charge is 0.454 e. The lowest BCUT2D eigenvalue weighted by Crippen LogP contribution is -1.92. The van der Waals surface area contributed by atoms with Crippen molar-refractivity contribution in [1.82, 2.24) is 0 Å². The van der Waals surface area contributed by atoms with E-state index in [1.54, 1.807) is 12.1 Å². The first-order chi connectivity index (χ1) is 9.19. The Bertz CT molecular complexity index is 702. The molecule has 0 bridgehead atoms. The highest BCUT2D eigenvalue weighted by Gasteiger charge is 2.18. The van der Waals surface area contributed by atoms with Crippen LogP contribution >= 0.6 is 0 Å². The van der Waals surface area contributed by atoms with E-state index in [2.05, 4.69) is 5.92 Å². The first kappa shape index (κ1) is 11.5. The zero-order valence-corrected chi connectivity index (χ0v) is 9.74. The molecule has 2 aromatic rings. The standard InChI is InChI=1S/C15H8F2O2/c1-2-9-6-14-15(19-8-18-14)7-11(9)10-3-4-12(16)13(17)5-10/h1,3-7H,8H2. The van der Waals surface area contributed by atoms with E-state index >= 15 is 0 Å². The fraction of sp³-hybridized carbons (Fsp3) is 0.0667. The van der Waals surface area contributed by atoms with Crippen LogP contribution in [0.2, 0.25) is 0 Å². The molecule has 1 heterocycles. The Morgan fingerprint density at radius 3 is 2.42 bits per heavy atom. The fourth-order valence-corrected chi connectivity index (χ4v) is 1.96. The highest BCUT2D eigenvalue weighted by Crippen LogP contribution is 2.38. The van der Waals surface area contributed by atoms with E-state index in [0.29, 0.717) is 28.2 Å². The van der Waals surface area contributed by atoms with Crippen molar-refractivity contribution in [2.24, 2.45) is 0 Å². The third-order valence-electron chi connectivity index (χ3n) is 2.90. The summed E-state index contributed by atoms with van der Waals surface area (Å²) in [4.78, 5) is 0. The number of halogens is 2. The molecule has 94 valence electrons. The van der Waals surface area contributed by atoms with E-state index in [4.69, 9.17) is 15.9 Å². The Morgan fingerprint density at radius 1 is 1.00 bits per heavy atom. The molecule has 0 spiro atoms. The zero-order valence-electron chi connectivity index (χ0n) is 9.74. The van der Waals surface area contributed by atoms with Gasteiger partial charge in [0.1, 0.15) is 0 Å². The fourth-order valence-electron chi connectivity index (χ4n) is 1.96. The zero-order chi connectivity index (χ0) is 13.4. The first-order valence-corrected chi connectivity index (χ1v) is 5.54. The number of hydrogen-bond acceptors (Lipinski definition) is 2. The van der Waals surface area contributed by atoms with E-state index < -0.39 is 11.6 Å². The van der Waals surface area contributed by atoms with Gasteiger partial charge in [0.2, 0.25) is 6.79 Å². The second-order valence-electron chi connectivity index (χ2n) is 4.02. The topological polar surface area (TPSA) is 18.5 Å². The first-order valence-electron chi connectivity index (χ1n) is 5.54. The number of hydrogen-bond donors (Lipinski definition) is 0. The van der Waals surface area contributed by atoms with Gasteiger partial charge in [0.25, 0.3) is 0 Å². The van der Waals surface area contributed by atoms with Gasteiger partial charge in [0.15, 0.2) is 23.1 Å². The Morgan fingerprint density at radius 2 is 1.74 bits per heavy atom. The van der Waals surface area contributed by atoms with Crippen molar-refractivity contribution in [3.8, 4) is 35.0 Å². The van der Waals surface area contributed by atoms with Crippen LogP contribution in [0.15, 0.2) is 30.3 Å². The van der Waals surface area contributed by atoms with Gasteiger partial charge < -0.3 is 9.47 Å². The van der Waals surface area contributed by atoms with Crippen molar-refractivity contribution in [1.29, 1.82) is 0 Å². The van der Waals surface area contributed by atoms with Crippen LogP contribution in [0.3, 0.4) is 0 Å². The van der Waals surface area contributed by atoms with Gasteiger partial charge in [-0.15, -0.1) is 6.42 Å². The van der Waals surface area contributed by atoms with Gasteiger partial charge in [0.05, 0.1) is 0 Å². The highest BCUT2D eigenvalue weighted by atomic mass is 19.2. The van der Waals surface area contributed by atoms with Gasteiger partial charge in [0, 0.05) is 17.2 Å². The molecule has 3 rings (SSSR count). The predicted molar refractivity (Wildman–Crippen MR) is 65.9 cm³/mol. The maximum atomic E-state index is 13.3. The third kappa shape index (κ3) is 1.89. The molecule has 0 saturated carbocycles. The molecule has 0 aromatic heterocycles. The summed E-state index contributed by atoms with van der Waals surface area (Å²) in [6.07, 6.45) is 5.44. The van der Waals surface area contributed by atoms with E-state index in [9.17, 15) is 8.78 Å². The molecular weight excluding hydrogens is 250 g/mol. The lowest BCUT2D eigenvalue weighted by Gasteiger charge is -2.07. The average molecular weight is 258 g/mol. The Labute approximate surface area is 108 Å². The van der Waals surface area contributed by atoms with Gasteiger partial charge in [-0.1, -0.05) is 12.0 Å². The molecule has 0 saturated heterocycles. The molecule has 19 heavy (non-hydrogen) atoms. The highest BCUT2D eigenvalue weighted by molar-refractivity contribution is 5.74. The summed E-state index contributed by atoms with van der Waals surface area (Å²) < 4.78 is 36.7. The van der Waals surface area contributed by atoms with Crippen LogP contribution in [0.1, 0.15) is 5.56 Å². The Kier molecular flexibility index (Phi) is 2.60. The summed E-state index contributed by atoms with van der Waals surface area (Å²) in [7, 11) is 0. The van der Waals surface area contributed by atoms with E-state index in [1.807, 2.05) is 0 Å². The third-order valence-corrected chi connectivity index (χ3v) is 2.90. The van der Waals surface area contributed by atoms with E-state index in [-0.39, 0.29) is 6.79 Å². The molecule has 2 aromatic carbocycles. The molecular formula is C15H8F2O2. The summed E-state index contributed by atoms with van der Waals surface area (Å²) in [5.74, 6) is 1.79. The van der Waals surface area contributed by atoms with Crippen molar-refractivity contribution in [3.63, 3.8) is 0 Å². The number of terminal acetylenes is 1. The minimum Gasteiger partial charge on any atom is -0.454 e. The molecule has 0 atom stereocenters. The number of rotatable bonds is 1. The lowest BCUT2D eigenvalue weighted by atomic mass is 9.99. The monoisotopic (exact) mass is 258 g/mol. The van der Waals surface area contributed by atoms with Crippen LogP contribution in [0.5, 0.6) is 11.5 Å². The minimum atomic E-state index is -0.918. The van der Waals surface area contributed by atoms with Crippen LogP contribution in [0.25, 0.3) is 11.1 Å². The van der Waals surface area contributed by atoms with Crippen molar-refractivity contribution < 1.29 is 18.3 Å². The molecule has 4 heteroatoms. The summed E-state index contributed by atoms with van der Waals surface area (Å²) >= 11 is 0. The van der Waals surface area contributed by atoms with Crippen LogP contribution in [-0.2, 0) is 0 Å². The summed E-state index contributed by atoms with van der Waals surface area (Å²) in [6, 6.07) is 6.96. The average Bonchev–Trinajstić information content (AvgIpc) is 2.87. The molecule has 1 aliphatic rings. The normalized spacial score (nSPS) is 12.3. The van der Waals surface area contributed by atoms with Gasteiger partial charge in [-0.2, -0.15) is 0 Å². The van der Waals surface area contributed by atoms with Crippen LogP contribution in [0.4, 0.5) is 8.78 Å². The maximum absolute atomic E-state index is 13.3. The lowest BCUT2D eigenvalue weighted by molar-refractivity contribution is 0.174. The van der Waals surface area contributed by atoms with Gasteiger partial charge in [-0.3, -0.25) is 0 Å². The molecule has 0 fully saturated rings. The van der Waals surface area contributed by atoms with Gasteiger partial charge >= 0.3 is 0 Å². The van der Waals surface area contributed by atoms with Crippen molar-refractivity contribution >= 4 is 0 Å². The summed E-state index contributed by atoms with van der Waals surface area (Å²) in [5, 5.41) is 0. The minimum absolute atomic E-state index is 0.126. The van der Waals surface area contributed by atoms with E-state index in [1.165, 1.54) is 6.07 Å². The smallest absolute Gasteiger partial charge is 0.231 e. The molecule has 0 amide bonds. The van der Waals surface area contributed by atoms with Crippen LogP contribution < -0.4 is 9.47 Å². The SMILES string of the molecule is C#Cc1cc2c(cc1-c1ccc(F)c(F)c1)OCO2. The molecule has 0 unspecified atom stereocenters. The molecule has 0 N–H and O–H groups in total. The molecule has 0 radical (unpaired) electrons. The van der Waals surface area contributed by atoms with Crippen molar-refractivity contribution in [2.75, 3.05) is 6.79 Å². The van der Waals surface area contributed by atoms with Crippen LogP contribution in [-0.4, -0.2) is 6.79 Å². The van der Waals surface area contributed by atoms with Crippen LogP contribution in [0, 0.1) is 24.0 Å². The van der Waals surface area contributed by atoms with E-state index in [0.717, 1.165) is 12.1 Å². The van der Waals surface area contributed by atoms with Crippen molar-refractivity contribution in [3.05, 3.63) is 47.5 Å². The number of ether oxygens (including phenoxy) is 2. The second kappa shape index (κ2) is 4.29.